The van der Waals surface area contributed by atoms with E-state index in [1.807, 2.05) is 38.1 Å². The topological polar surface area (TPSA) is 59.2 Å². The second-order valence-corrected chi connectivity index (χ2v) is 4.92. The van der Waals surface area contributed by atoms with E-state index in [4.69, 9.17) is 4.74 Å². The molecule has 0 aliphatic carbocycles. The summed E-state index contributed by atoms with van der Waals surface area (Å²) in [5.41, 5.74) is 2.28. The van der Waals surface area contributed by atoms with Crippen molar-refractivity contribution in [2.24, 2.45) is 0 Å². The summed E-state index contributed by atoms with van der Waals surface area (Å²) in [6.07, 6.45) is 3.00. The van der Waals surface area contributed by atoms with Gasteiger partial charge in [0.25, 0.3) is 0 Å². The lowest BCUT2D eigenvalue weighted by atomic mass is 10.0. The van der Waals surface area contributed by atoms with Crippen molar-refractivity contribution < 1.29 is 14.3 Å². The fourth-order valence-electron chi connectivity index (χ4n) is 2.28. The molecule has 0 aliphatic heterocycles. The van der Waals surface area contributed by atoms with E-state index in [9.17, 15) is 9.59 Å². The van der Waals surface area contributed by atoms with Crippen LogP contribution in [0.15, 0.2) is 36.4 Å². The van der Waals surface area contributed by atoms with Crippen LogP contribution in [0.5, 0.6) is 0 Å². The SMILES string of the molecule is CC/C=C/C(=O)O[C@H](C)C(=O)c1c(C)[nH]c2ccccc12. The first-order valence-corrected chi connectivity index (χ1v) is 7.03. The molecule has 1 aromatic carbocycles. The van der Waals surface area contributed by atoms with Gasteiger partial charge in [0.2, 0.25) is 5.78 Å². The summed E-state index contributed by atoms with van der Waals surface area (Å²) < 4.78 is 5.15. The van der Waals surface area contributed by atoms with Crippen LogP contribution in [0.2, 0.25) is 0 Å². The van der Waals surface area contributed by atoms with E-state index < -0.39 is 12.1 Å². The standard InChI is InChI=1S/C17H19NO3/c1-4-5-10-15(19)21-12(3)17(20)16-11(2)18-14-9-7-6-8-13(14)16/h5-10,12,18H,4H2,1-3H3/b10-5+/t12-/m1/s1. The van der Waals surface area contributed by atoms with Gasteiger partial charge in [0.1, 0.15) is 0 Å². The van der Waals surface area contributed by atoms with Gasteiger partial charge in [0, 0.05) is 28.2 Å². The van der Waals surface area contributed by atoms with Crippen molar-refractivity contribution in [3.05, 3.63) is 47.7 Å². The number of Topliss-reactive ketones (excluding diaryl/α,β-unsaturated/α-hetero) is 1. The normalized spacial score (nSPS) is 12.7. The summed E-state index contributed by atoms with van der Waals surface area (Å²) in [7, 11) is 0. The van der Waals surface area contributed by atoms with Crippen molar-refractivity contribution in [2.75, 3.05) is 0 Å². The zero-order valence-electron chi connectivity index (χ0n) is 12.5. The number of rotatable bonds is 5. The Balaban J connectivity index is 2.24. The number of ether oxygens (including phenoxy) is 1. The number of H-pyrrole nitrogens is 1. The van der Waals surface area contributed by atoms with Crippen molar-refractivity contribution in [3.63, 3.8) is 0 Å². The van der Waals surface area contributed by atoms with Crippen LogP contribution in [0, 0.1) is 6.92 Å². The number of aromatic nitrogens is 1. The van der Waals surface area contributed by atoms with Crippen LogP contribution in [0.4, 0.5) is 0 Å². The van der Waals surface area contributed by atoms with E-state index in [2.05, 4.69) is 4.98 Å². The second kappa shape index (κ2) is 6.39. The minimum absolute atomic E-state index is 0.191. The summed E-state index contributed by atoms with van der Waals surface area (Å²) in [5, 5.41) is 0.854. The average Bonchev–Trinajstić information content (AvgIpc) is 2.80. The highest BCUT2D eigenvalue weighted by Gasteiger charge is 2.23. The number of ketones is 1. The summed E-state index contributed by atoms with van der Waals surface area (Å²) >= 11 is 0. The minimum Gasteiger partial charge on any atom is -0.451 e. The number of allylic oxidation sites excluding steroid dienone is 1. The Morgan fingerprint density at radius 2 is 2.05 bits per heavy atom. The first kappa shape index (κ1) is 15.0. The van der Waals surface area contributed by atoms with E-state index in [1.54, 1.807) is 13.0 Å². The number of esters is 1. The summed E-state index contributed by atoms with van der Waals surface area (Å²) in [6.45, 7) is 5.37. The minimum atomic E-state index is -0.808. The molecule has 2 rings (SSSR count). The number of fused-ring (bicyclic) bond motifs is 1. The van der Waals surface area contributed by atoms with Gasteiger partial charge >= 0.3 is 5.97 Å². The number of para-hydroxylation sites is 1. The number of hydrogen-bond acceptors (Lipinski definition) is 3. The maximum Gasteiger partial charge on any atom is 0.331 e. The molecule has 0 bridgehead atoms. The van der Waals surface area contributed by atoms with Crippen LogP contribution in [0.3, 0.4) is 0 Å². The van der Waals surface area contributed by atoms with Gasteiger partial charge in [-0.2, -0.15) is 0 Å². The van der Waals surface area contributed by atoms with Crippen molar-refractivity contribution >= 4 is 22.7 Å². The Hall–Kier alpha value is -2.36. The second-order valence-electron chi connectivity index (χ2n) is 4.92. The van der Waals surface area contributed by atoms with Crippen molar-refractivity contribution in [1.29, 1.82) is 0 Å². The fourth-order valence-corrected chi connectivity index (χ4v) is 2.28. The van der Waals surface area contributed by atoms with Gasteiger partial charge in [0.05, 0.1) is 0 Å². The third kappa shape index (κ3) is 3.21. The number of aromatic amines is 1. The third-order valence-electron chi connectivity index (χ3n) is 3.29. The number of nitrogens with one attached hydrogen (secondary N) is 1. The van der Waals surface area contributed by atoms with Crippen LogP contribution in [-0.4, -0.2) is 22.8 Å². The van der Waals surface area contributed by atoms with E-state index in [0.29, 0.717) is 5.56 Å². The maximum atomic E-state index is 12.5. The van der Waals surface area contributed by atoms with Crippen molar-refractivity contribution in [3.8, 4) is 0 Å². The molecule has 4 heteroatoms. The average molecular weight is 285 g/mol. The molecule has 0 amide bonds. The predicted molar refractivity (Wildman–Crippen MR) is 82.4 cm³/mol. The number of benzene rings is 1. The Kier molecular flexibility index (Phi) is 4.58. The lowest BCUT2D eigenvalue weighted by Crippen LogP contribution is -2.24. The van der Waals surface area contributed by atoms with E-state index in [-0.39, 0.29) is 5.78 Å². The van der Waals surface area contributed by atoms with Gasteiger partial charge in [-0.1, -0.05) is 31.2 Å². The number of carbonyl (C=O) groups excluding carboxylic acids is 2. The van der Waals surface area contributed by atoms with Crippen LogP contribution in [0.25, 0.3) is 10.9 Å². The zero-order valence-corrected chi connectivity index (χ0v) is 12.5. The summed E-state index contributed by atoms with van der Waals surface area (Å²) in [5.74, 6) is -0.682. The molecule has 1 N–H and O–H groups in total. The number of hydrogen-bond donors (Lipinski definition) is 1. The molecule has 2 aromatic rings. The monoisotopic (exact) mass is 285 g/mol. The molecule has 0 radical (unpaired) electrons. The molecule has 0 aliphatic rings. The summed E-state index contributed by atoms with van der Waals surface area (Å²) in [4.78, 5) is 27.3. The van der Waals surface area contributed by atoms with Crippen molar-refractivity contribution in [1.82, 2.24) is 4.98 Å². The molecule has 1 atom stereocenters. The highest BCUT2D eigenvalue weighted by molar-refractivity contribution is 6.11. The maximum absolute atomic E-state index is 12.5. The van der Waals surface area contributed by atoms with Gasteiger partial charge in [-0.3, -0.25) is 4.79 Å². The van der Waals surface area contributed by atoms with Gasteiger partial charge < -0.3 is 9.72 Å². The molecule has 0 unspecified atom stereocenters. The number of carbonyl (C=O) groups is 2. The Morgan fingerprint density at radius 1 is 1.33 bits per heavy atom. The molecule has 110 valence electrons. The molecule has 4 nitrogen and oxygen atoms in total. The van der Waals surface area contributed by atoms with Crippen LogP contribution < -0.4 is 0 Å². The highest BCUT2D eigenvalue weighted by Crippen LogP contribution is 2.23. The Labute approximate surface area is 123 Å². The fraction of sp³-hybridized carbons (Fsp3) is 0.294. The van der Waals surface area contributed by atoms with Crippen LogP contribution in [0.1, 0.15) is 36.3 Å². The van der Waals surface area contributed by atoms with Crippen molar-refractivity contribution in [2.45, 2.75) is 33.3 Å². The van der Waals surface area contributed by atoms with Gasteiger partial charge in [-0.15, -0.1) is 0 Å². The van der Waals surface area contributed by atoms with Crippen LogP contribution in [-0.2, 0) is 9.53 Å². The largest absolute Gasteiger partial charge is 0.451 e. The lowest BCUT2D eigenvalue weighted by Gasteiger charge is -2.11. The Morgan fingerprint density at radius 3 is 2.76 bits per heavy atom. The summed E-state index contributed by atoms with van der Waals surface area (Å²) in [6, 6.07) is 7.59. The van der Waals surface area contributed by atoms with Gasteiger partial charge in [0.15, 0.2) is 6.10 Å². The lowest BCUT2D eigenvalue weighted by molar-refractivity contribution is -0.140. The molecule has 21 heavy (non-hydrogen) atoms. The predicted octanol–water partition coefficient (Wildman–Crippen LogP) is 3.56. The molecule has 0 saturated heterocycles. The number of aryl methyl sites for hydroxylation is 1. The quantitative estimate of drug-likeness (QED) is 0.519. The molecular formula is C17H19NO3. The molecule has 1 aromatic heterocycles. The first-order valence-electron chi connectivity index (χ1n) is 7.03. The molecule has 1 heterocycles. The first-order chi connectivity index (χ1) is 10.0. The third-order valence-corrected chi connectivity index (χ3v) is 3.29. The van der Waals surface area contributed by atoms with E-state index in [1.165, 1.54) is 6.08 Å². The zero-order chi connectivity index (χ0) is 15.4. The molecule has 0 fully saturated rings. The molecule has 0 spiro atoms. The van der Waals surface area contributed by atoms with E-state index in [0.717, 1.165) is 23.0 Å². The Bertz CT molecular complexity index is 697. The highest BCUT2D eigenvalue weighted by atomic mass is 16.5. The molecular weight excluding hydrogens is 266 g/mol. The van der Waals surface area contributed by atoms with E-state index >= 15 is 0 Å². The van der Waals surface area contributed by atoms with Crippen LogP contribution >= 0.6 is 0 Å². The smallest absolute Gasteiger partial charge is 0.331 e. The van der Waals surface area contributed by atoms with Gasteiger partial charge in [-0.25, -0.2) is 4.79 Å². The van der Waals surface area contributed by atoms with Gasteiger partial charge in [-0.05, 0) is 26.3 Å². The molecule has 0 saturated carbocycles.